The highest BCUT2D eigenvalue weighted by Crippen LogP contribution is 2.33. The molecule has 0 saturated heterocycles. The molecule has 0 radical (unpaired) electrons. The van der Waals surface area contributed by atoms with Crippen LogP contribution in [0.2, 0.25) is 0 Å². The molecule has 1 aliphatic carbocycles. The zero-order valence-corrected chi connectivity index (χ0v) is 8.73. The van der Waals surface area contributed by atoms with E-state index in [1.165, 1.54) is 12.8 Å². The molecule has 4 heteroatoms. The van der Waals surface area contributed by atoms with Crippen LogP contribution in [0.15, 0.2) is 6.07 Å². The largest absolute Gasteiger partial charge is 0.477 e. The molecule has 0 unspecified atom stereocenters. The summed E-state index contributed by atoms with van der Waals surface area (Å²) in [7, 11) is 0. The number of hydrogen-bond donors (Lipinski definition) is 1. The lowest BCUT2D eigenvalue weighted by atomic mass is 10.0. The van der Waals surface area contributed by atoms with Crippen LogP contribution >= 0.6 is 0 Å². The maximum atomic E-state index is 10.8. The third-order valence-corrected chi connectivity index (χ3v) is 2.85. The lowest BCUT2D eigenvalue weighted by Gasteiger charge is -2.09. The van der Waals surface area contributed by atoms with E-state index in [2.05, 4.69) is 9.97 Å². The van der Waals surface area contributed by atoms with Gasteiger partial charge in [0.25, 0.3) is 0 Å². The number of carboxylic acid groups (broad SMARTS) is 1. The van der Waals surface area contributed by atoms with Gasteiger partial charge in [0.15, 0.2) is 5.69 Å². The molecule has 1 heterocycles. The van der Waals surface area contributed by atoms with Crippen LogP contribution in [-0.4, -0.2) is 21.0 Å². The second kappa shape index (κ2) is 3.96. The molecular weight excluding hydrogens is 192 g/mol. The Morgan fingerprint density at radius 2 is 2.07 bits per heavy atom. The summed E-state index contributed by atoms with van der Waals surface area (Å²) in [6.07, 6.45) is 4.68. The minimum Gasteiger partial charge on any atom is -0.477 e. The summed E-state index contributed by atoms with van der Waals surface area (Å²) in [5.74, 6) is 0.0151. The SMILES string of the molecule is Cc1nc(C(=O)O)cc(C2CCCC2)n1. The zero-order valence-electron chi connectivity index (χ0n) is 8.73. The van der Waals surface area contributed by atoms with Gasteiger partial charge in [-0.2, -0.15) is 0 Å². The first-order valence-electron chi connectivity index (χ1n) is 5.25. The number of aromatic nitrogens is 2. The topological polar surface area (TPSA) is 63.1 Å². The van der Waals surface area contributed by atoms with Gasteiger partial charge in [0.2, 0.25) is 0 Å². The molecule has 0 bridgehead atoms. The quantitative estimate of drug-likeness (QED) is 0.805. The van der Waals surface area contributed by atoms with E-state index in [1.807, 2.05) is 0 Å². The van der Waals surface area contributed by atoms with Crippen molar-refractivity contribution in [1.82, 2.24) is 9.97 Å². The minimum absolute atomic E-state index is 0.115. The lowest BCUT2D eigenvalue weighted by molar-refractivity contribution is 0.0689. The summed E-state index contributed by atoms with van der Waals surface area (Å²) in [6, 6.07) is 1.62. The van der Waals surface area contributed by atoms with Crippen LogP contribution < -0.4 is 0 Å². The first-order chi connectivity index (χ1) is 7.16. The van der Waals surface area contributed by atoms with Crippen molar-refractivity contribution in [1.29, 1.82) is 0 Å². The van der Waals surface area contributed by atoms with Crippen molar-refractivity contribution in [2.45, 2.75) is 38.5 Å². The maximum absolute atomic E-state index is 10.8. The minimum atomic E-state index is -0.972. The molecule has 0 amide bonds. The van der Waals surface area contributed by atoms with Crippen LogP contribution in [0.1, 0.15) is 53.6 Å². The number of hydrogen-bond acceptors (Lipinski definition) is 3. The molecule has 2 rings (SSSR count). The van der Waals surface area contributed by atoms with Gasteiger partial charge in [0, 0.05) is 11.6 Å². The monoisotopic (exact) mass is 206 g/mol. The van der Waals surface area contributed by atoms with Crippen LogP contribution in [0, 0.1) is 6.92 Å². The smallest absolute Gasteiger partial charge is 0.354 e. The first-order valence-corrected chi connectivity index (χ1v) is 5.25. The van der Waals surface area contributed by atoms with Gasteiger partial charge in [0.1, 0.15) is 5.82 Å². The molecule has 1 saturated carbocycles. The van der Waals surface area contributed by atoms with E-state index in [4.69, 9.17) is 5.11 Å². The van der Waals surface area contributed by atoms with Gasteiger partial charge in [0.05, 0.1) is 0 Å². The van der Waals surface area contributed by atoms with Gasteiger partial charge in [-0.15, -0.1) is 0 Å². The van der Waals surface area contributed by atoms with Crippen LogP contribution in [0.3, 0.4) is 0 Å². The van der Waals surface area contributed by atoms with Crippen molar-refractivity contribution < 1.29 is 9.90 Å². The molecule has 0 aromatic carbocycles. The summed E-state index contributed by atoms with van der Waals surface area (Å²) in [5.41, 5.74) is 1.02. The average Bonchev–Trinajstić information content (AvgIpc) is 2.69. The molecule has 1 fully saturated rings. The van der Waals surface area contributed by atoms with Crippen molar-refractivity contribution in [3.63, 3.8) is 0 Å². The van der Waals surface area contributed by atoms with E-state index in [1.54, 1.807) is 13.0 Å². The third-order valence-electron chi connectivity index (χ3n) is 2.85. The Hall–Kier alpha value is -1.45. The van der Waals surface area contributed by atoms with E-state index < -0.39 is 5.97 Å². The molecule has 4 nitrogen and oxygen atoms in total. The van der Waals surface area contributed by atoms with E-state index in [-0.39, 0.29) is 5.69 Å². The van der Waals surface area contributed by atoms with Crippen molar-refractivity contribution in [2.75, 3.05) is 0 Å². The average molecular weight is 206 g/mol. The molecule has 1 N–H and O–H groups in total. The molecule has 1 aliphatic rings. The van der Waals surface area contributed by atoms with Crippen molar-refractivity contribution in [2.24, 2.45) is 0 Å². The van der Waals surface area contributed by atoms with Crippen molar-refractivity contribution in [3.05, 3.63) is 23.3 Å². The van der Waals surface area contributed by atoms with Gasteiger partial charge in [-0.1, -0.05) is 12.8 Å². The van der Waals surface area contributed by atoms with Crippen molar-refractivity contribution >= 4 is 5.97 Å². The molecule has 0 atom stereocenters. The van der Waals surface area contributed by atoms with Gasteiger partial charge < -0.3 is 5.11 Å². The predicted octanol–water partition coefficient (Wildman–Crippen LogP) is 2.14. The Morgan fingerprint density at radius 3 is 2.67 bits per heavy atom. The maximum Gasteiger partial charge on any atom is 0.354 e. The second-order valence-electron chi connectivity index (χ2n) is 4.01. The molecule has 1 aromatic rings. The molecule has 0 spiro atoms. The number of aryl methyl sites for hydroxylation is 1. The Balaban J connectivity index is 2.34. The van der Waals surface area contributed by atoms with Crippen LogP contribution in [-0.2, 0) is 0 Å². The van der Waals surface area contributed by atoms with E-state index in [9.17, 15) is 4.79 Å². The Labute approximate surface area is 88.4 Å². The van der Waals surface area contributed by atoms with Crippen LogP contribution in [0.25, 0.3) is 0 Å². The Morgan fingerprint density at radius 1 is 1.40 bits per heavy atom. The van der Waals surface area contributed by atoms with Crippen molar-refractivity contribution in [3.8, 4) is 0 Å². The number of carbonyl (C=O) groups is 1. The standard InChI is InChI=1S/C11H14N2O2/c1-7-12-9(8-4-2-3-5-8)6-10(13-7)11(14)15/h6,8H,2-5H2,1H3,(H,14,15). The summed E-state index contributed by atoms with van der Waals surface area (Å²) in [4.78, 5) is 19.0. The van der Waals surface area contributed by atoms with Gasteiger partial charge in [-0.25, -0.2) is 14.8 Å². The highest BCUT2D eigenvalue weighted by Gasteiger charge is 2.20. The Kier molecular flexibility index (Phi) is 2.66. The highest BCUT2D eigenvalue weighted by atomic mass is 16.4. The summed E-state index contributed by atoms with van der Waals surface area (Å²) >= 11 is 0. The zero-order chi connectivity index (χ0) is 10.8. The van der Waals surface area contributed by atoms with Gasteiger partial charge in [-0.05, 0) is 25.8 Å². The molecule has 1 aromatic heterocycles. The van der Waals surface area contributed by atoms with E-state index >= 15 is 0 Å². The number of nitrogens with zero attached hydrogens (tertiary/aromatic N) is 2. The lowest BCUT2D eigenvalue weighted by Crippen LogP contribution is -2.07. The predicted molar refractivity (Wildman–Crippen MR) is 54.9 cm³/mol. The fraction of sp³-hybridized carbons (Fsp3) is 0.545. The number of carboxylic acids is 1. The molecule has 0 aliphatic heterocycles. The normalized spacial score (nSPS) is 16.9. The van der Waals surface area contributed by atoms with Gasteiger partial charge >= 0.3 is 5.97 Å². The van der Waals surface area contributed by atoms with Crippen LogP contribution in [0.5, 0.6) is 0 Å². The highest BCUT2D eigenvalue weighted by molar-refractivity contribution is 5.85. The van der Waals surface area contributed by atoms with E-state index in [0.29, 0.717) is 11.7 Å². The third kappa shape index (κ3) is 2.14. The second-order valence-corrected chi connectivity index (χ2v) is 4.01. The fourth-order valence-electron chi connectivity index (χ4n) is 2.13. The van der Waals surface area contributed by atoms with Gasteiger partial charge in [-0.3, -0.25) is 0 Å². The summed E-state index contributed by atoms with van der Waals surface area (Å²) in [5, 5.41) is 8.89. The van der Waals surface area contributed by atoms with Crippen LogP contribution in [0.4, 0.5) is 0 Å². The first kappa shape index (κ1) is 10.1. The molecule has 80 valence electrons. The number of rotatable bonds is 2. The van der Waals surface area contributed by atoms with E-state index in [0.717, 1.165) is 18.5 Å². The molecular formula is C11H14N2O2. The Bertz CT molecular complexity index is 384. The number of aromatic carboxylic acids is 1. The summed E-state index contributed by atoms with van der Waals surface area (Å²) < 4.78 is 0. The summed E-state index contributed by atoms with van der Waals surface area (Å²) in [6.45, 7) is 1.74. The molecule has 15 heavy (non-hydrogen) atoms. The fourth-order valence-corrected chi connectivity index (χ4v) is 2.13.